The van der Waals surface area contributed by atoms with Crippen LogP contribution in [0.15, 0.2) is 16.7 Å². The smallest absolute Gasteiger partial charge is 0.461 e. The van der Waals surface area contributed by atoms with Gasteiger partial charge in [0.2, 0.25) is 0 Å². The van der Waals surface area contributed by atoms with E-state index in [1.165, 1.54) is 6.07 Å². The third kappa shape index (κ3) is 1.39. The SMILES string of the molecule is Cc1cnc2cc(B(O)O)oc2c1Cl. The van der Waals surface area contributed by atoms with Gasteiger partial charge in [-0.05, 0) is 12.5 Å². The molecular formula is C8H7BClNO3. The van der Waals surface area contributed by atoms with Gasteiger partial charge in [-0.3, -0.25) is 4.98 Å². The highest BCUT2D eigenvalue weighted by Crippen LogP contribution is 2.24. The number of aromatic nitrogens is 1. The molecule has 0 aromatic carbocycles. The monoisotopic (exact) mass is 211 g/mol. The third-order valence-corrected chi connectivity index (χ3v) is 2.40. The minimum atomic E-state index is -1.64. The van der Waals surface area contributed by atoms with E-state index in [4.69, 9.17) is 26.1 Å². The van der Waals surface area contributed by atoms with Gasteiger partial charge in [0.1, 0.15) is 11.2 Å². The van der Waals surface area contributed by atoms with Gasteiger partial charge in [-0.15, -0.1) is 0 Å². The molecular weight excluding hydrogens is 204 g/mol. The summed E-state index contributed by atoms with van der Waals surface area (Å²) in [5.41, 5.74) is 1.73. The van der Waals surface area contributed by atoms with Crippen molar-refractivity contribution in [3.8, 4) is 0 Å². The largest absolute Gasteiger partial charge is 0.526 e. The number of rotatable bonds is 1. The maximum Gasteiger partial charge on any atom is 0.526 e. The van der Waals surface area contributed by atoms with E-state index in [1.807, 2.05) is 0 Å². The van der Waals surface area contributed by atoms with Crippen LogP contribution in [0.2, 0.25) is 5.02 Å². The van der Waals surface area contributed by atoms with Gasteiger partial charge in [-0.1, -0.05) is 11.6 Å². The molecule has 0 saturated heterocycles. The van der Waals surface area contributed by atoms with Crippen molar-refractivity contribution in [1.29, 1.82) is 0 Å². The molecule has 6 heteroatoms. The number of hydrogen-bond acceptors (Lipinski definition) is 4. The highest BCUT2D eigenvalue weighted by molar-refractivity contribution is 6.57. The normalized spacial score (nSPS) is 10.9. The Morgan fingerprint density at radius 3 is 2.86 bits per heavy atom. The van der Waals surface area contributed by atoms with Gasteiger partial charge < -0.3 is 14.5 Å². The van der Waals surface area contributed by atoms with Gasteiger partial charge in [0.25, 0.3) is 0 Å². The molecule has 2 rings (SSSR count). The van der Waals surface area contributed by atoms with E-state index in [0.717, 1.165) is 5.56 Å². The molecule has 0 aliphatic carbocycles. The lowest BCUT2D eigenvalue weighted by atomic mass is 9.88. The number of pyridine rings is 1. The number of furan rings is 1. The number of nitrogens with zero attached hydrogens (tertiary/aromatic N) is 1. The van der Waals surface area contributed by atoms with Crippen molar-refractivity contribution in [1.82, 2.24) is 4.98 Å². The predicted octanol–water partition coefficient (Wildman–Crippen LogP) is 0.469. The van der Waals surface area contributed by atoms with Crippen molar-refractivity contribution in [2.75, 3.05) is 0 Å². The summed E-state index contributed by atoms with van der Waals surface area (Å²) in [6.07, 6.45) is 1.60. The molecule has 0 fully saturated rings. The van der Waals surface area contributed by atoms with Gasteiger partial charge in [0.05, 0.1) is 5.02 Å². The number of aryl methyl sites for hydroxylation is 1. The van der Waals surface area contributed by atoms with E-state index in [1.54, 1.807) is 13.1 Å². The van der Waals surface area contributed by atoms with Crippen molar-refractivity contribution in [3.05, 3.63) is 22.8 Å². The molecule has 0 unspecified atom stereocenters. The van der Waals surface area contributed by atoms with Crippen LogP contribution in [-0.2, 0) is 0 Å². The number of hydrogen-bond donors (Lipinski definition) is 2. The van der Waals surface area contributed by atoms with Crippen LogP contribution in [0.5, 0.6) is 0 Å². The van der Waals surface area contributed by atoms with Gasteiger partial charge in [0.15, 0.2) is 5.58 Å². The first kappa shape index (κ1) is 9.52. The summed E-state index contributed by atoms with van der Waals surface area (Å²) in [7, 11) is -1.64. The van der Waals surface area contributed by atoms with Crippen molar-refractivity contribution >= 4 is 35.5 Å². The summed E-state index contributed by atoms with van der Waals surface area (Å²) < 4.78 is 5.15. The zero-order chi connectivity index (χ0) is 10.3. The van der Waals surface area contributed by atoms with Crippen LogP contribution < -0.4 is 5.66 Å². The molecule has 14 heavy (non-hydrogen) atoms. The van der Waals surface area contributed by atoms with Crippen LogP contribution in [0.4, 0.5) is 0 Å². The molecule has 0 amide bonds. The maximum atomic E-state index is 8.88. The molecule has 0 saturated carbocycles. The zero-order valence-corrected chi connectivity index (χ0v) is 8.12. The number of fused-ring (bicyclic) bond motifs is 1. The van der Waals surface area contributed by atoms with Crippen LogP contribution >= 0.6 is 11.6 Å². The summed E-state index contributed by atoms with van der Waals surface area (Å²) in [4.78, 5) is 4.04. The predicted molar refractivity (Wildman–Crippen MR) is 53.6 cm³/mol. The Balaban J connectivity index is 2.71. The Morgan fingerprint density at radius 1 is 1.50 bits per heavy atom. The van der Waals surface area contributed by atoms with Crippen LogP contribution in [0.1, 0.15) is 5.56 Å². The molecule has 0 aliphatic heterocycles. The Morgan fingerprint density at radius 2 is 2.21 bits per heavy atom. The van der Waals surface area contributed by atoms with Crippen LogP contribution in [0, 0.1) is 6.92 Å². The fourth-order valence-electron chi connectivity index (χ4n) is 1.18. The Bertz CT molecular complexity index is 483. The first-order valence-electron chi connectivity index (χ1n) is 4.00. The lowest BCUT2D eigenvalue weighted by molar-refractivity contribution is 0.412. The van der Waals surface area contributed by atoms with Gasteiger partial charge >= 0.3 is 7.12 Å². The van der Waals surface area contributed by atoms with Crippen molar-refractivity contribution in [3.63, 3.8) is 0 Å². The lowest BCUT2D eigenvalue weighted by Gasteiger charge is -1.95. The van der Waals surface area contributed by atoms with Crippen LogP contribution in [0.25, 0.3) is 11.1 Å². The van der Waals surface area contributed by atoms with Crippen molar-refractivity contribution in [2.45, 2.75) is 6.92 Å². The third-order valence-electron chi connectivity index (χ3n) is 1.93. The Kier molecular flexibility index (Phi) is 2.22. The Labute approximate surface area is 85.3 Å². The molecule has 2 aromatic rings. The second kappa shape index (κ2) is 3.27. The number of halogens is 1. The molecule has 0 atom stereocenters. The highest BCUT2D eigenvalue weighted by Gasteiger charge is 2.19. The second-order valence-corrected chi connectivity index (χ2v) is 3.37. The molecule has 0 aliphatic rings. The fourth-order valence-corrected chi connectivity index (χ4v) is 1.37. The first-order valence-corrected chi connectivity index (χ1v) is 4.38. The quantitative estimate of drug-likeness (QED) is 0.673. The summed E-state index contributed by atoms with van der Waals surface area (Å²) in [6.45, 7) is 1.80. The topological polar surface area (TPSA) is 66.5 Å². The van der Waals surface area contributed by atoms with E-state index in [-0.39, 0.29) is 5.66 Å². The van der Waals surface area contributed by atoms with Crippen molar-refractivity contribution in [2.24, 2.45) is 0 Å². The summed E-state index contributed by atoms with van der Waals surface area (Å²) in [5.74, 6) is 0. The van der Waals surface area contributed by atoms with Crippen LogP contribution in [-0.4, -0.2) is 22.2 Å². The van der Waals surface area contributed by atoms with Gasteiger partial charge in [0, 0.05) is 12.3 Å². The van der Waals surface area contributed by atoms with E-state index < -0.39 is 7.12 Å². The standard InChI is InChI=1S/C8H7BClNO3/c1-4-3-11-5-2-6(9(12)13)14-8(5)7(4)10/h2-3,12-13H,1H3. The molecule has 0 bridgehead atoms. The molecule has 0 radical (unpaired) electrons. The fraction of sp³-hybridized carbons (Fsp3) is 0.125. The van der Waals surface area contributed by atoms with Gasteiger partial charge in [-0.2, -0.15) is 0 Å². The average molecular weight is 211 g/mol. The zero-order valence-electron chi connectivity index (χ0n) is 7.36. The second-order valence-electron chi connectivity index (χ2n) is 2.99. The molecule has 0 spiro atoms. The van der Waals surface area contributed by atoms with E-state index in [0.29, 0.717) is 16.1 Å². The maximum absolute atomic E-state index is 8.88. The molecule has 2 heterocycles. The highest BCUT2D eigenvalue weighted by atomic mass is 35.5. The summed E-state index contributed by atoms with van der Waals surface area (Å²) in [5, 5.41) is 18.2. The van der Waals surface area contributed by atoms with Gasteiger partial charge in [-0.25, -0.2) is 0 Å². The lowest BCUT2D eigenvalue weighted by Crippen LogP contribution is -2.27. The first-order chi connectivity index (χ1) is 6.59. The minimum absolute atomic E-state index is 0.0417. The molecule has 4 nitrogen and oxygen atoms in total. The van der Waals surface area contributed by atoms with E-state index >= 15 is 0 Å². The molecule has 2 N–H and O–H groups in total. The van der Waals surface area contributed by atoms with Crippen LogP contribution in [0.3, 0.4) is 0 Å². The van der Waals surface area contributed by atoms with E-state index in [2.05, 4.69) is 4.98 Å². The molecule has 2 aromatic heterocycles. The average Bonchev–Trinajstić information content (AvgIpc) is 2.56. The van der Waals surface area contributed by atoms with Crippen molar-refractivity contribution < 1.29 is 14.5 Å². The molecule has 72 valence electrons. The Hall–Kier alpha value is -1.04. The summed E-state index contributed by atoms with van der Waals surface area (Å²) >= 11 is 5.95. The summed E-state index contributed by atoms with van der Waals surface area (Å²) in [6, 6.07) is 1.45. The minimum Gasteiger partial charge on any atom is -0.461 e. The van der Waals surface area contributed by atoms with E-state index in [9.17, 15) is 0 Å².